The summed E-state index contributed by atoms with van der Waals surface area (Å²) in [7, 11) is 0. The zero-order chi connectivity index (χ0) is 15.0. The molecule has 0 saturated carbocycles. The van der Waals surface area contributed by atoms with Gasteiger partial charge in [0.15, 0.2) is 0 Å². The first-order chi connectivity index (χ1) is 9.58. The highest BCUT2D eigenvalue weighted by Gasteiger charge is 2.11. The molecule has 1 aromatic carbocycles. The van der Waals surface area contributed by atoms with E-state index in [4.69, 9.17) is 10.00 Å². The monoisotopic (exact) mass is 274 g/mol. The molecule has 0 aliphatic heterocycles. The Labute approximate surface area is 123 Å². The van der Waals surface area contributed by atoms with E-state index in [2.05, 4.69) is 31.3 Å². The molecule has 2 unspecified atom stereocenters. The predicted octanol–water partition coefficient (Wildman–Crippen LogP) is 3.86. The molecule has 110 valence electrons. The molecule has 0 fully saturated rings. The number of rotatable bonds is 8. The second-order valence-corrected chi connectivity index (χ2v) is 5.49. The Morgan fingerprint density at radius 3 is 2.55 bits per heavy atom. The summed E-state index contributed by atoms with van der Waals surface area (Å²) in [6.07, 6.45) is 1.79. The summed E-state index contributed by atoms with van der Waals surface area (Å²) in [6, 6.07) is 10.6. The van der Waals surface area contributed by atoms with Gasteiger partial charge in [0.2, 0.25) is 0 Å². The average Bonchev–Trinajstić information content (AvgIpc) is 2.45. The van der Waals surface area contributed by atoms with Gasteiger partial charge in [0.1, 0.15) is 5.75 Å². The van der Waals surface area contributed by atoms with Crippen LogP contribution in [0.4, 0.5) is 0 Å². The number of nitrogens with zero attached hydrogens (tertiary/aromatic N) is 1. The summed E-state index contributed by atoms with van der Waals surface area (Å²) in [4.78, 5) is 0. The number of para-hydroxylation sites is 1. The average molecular weight is 274 g/mol. The van der Waals surface area contributed by atoms with E-state index in [-0.39, 0.29) is 6.04 Å². The van der Waals surface area contributed by atoms with Gasteiger partial charge in [-0.1, -0.05) is 32.0 Å². The molecular formula is C17H26N2O. The molecule has 0 aliphatic rings. The van der Waals surface area contributed by atoms with Crippen molar-refractivity contribution in [2.45, 2.75) is 58.5 Å². The van der Waals surface area contributed by atoms with Crippen molar-refractivity contribution in [1.29, 1.82) is 5.26 Å². The number of hydrogen-bond acceptors (Lipinski definition) is 3. The Balaban J connectivity index is 2.56. The topological polar surface area (TPSA) is 45.0 Å². The molecule has 2 atom stereocenters. The van der Waals surface area contributed by atoms with Crippen molar-refractivity contribution in [2.75, 3.05) is 6.61 Å². The highest BCUT2D eigenvalue weighted by molar-refractivity contribution is 5.35. The maximum atomic E-state index is 9.08. The summed E-state index contributed by atoms with van der Waals surface area (Å²) >= 11 is 0. The second-order valence-electron chi connectivity index (χ2n) is 5.49. The molecule has 1 aromatic rings. The van der Waals surface area contributed by atoms with Gasteiger partial charge in [-0.3, -0.25) is 5.32 Å². The third kappa shape index (κ3) is 5.22. The Hall–Kier alpha value is -1.53. The Morgan fingerprint density at radius 2 is 1.95 bits per heavy atom. The van der Waals surface area contributed by atoms with Crippen LogP contribution in [0.1, 0.15) is 52.0 Å². The third-order valence-electron chi connectivity index (χ3n) is 3.42. The fraction of sp³-hybridized carbons (Fsp3) is 0.588. The fourth-order valence-corrected chi connectivity index (χ4v) is 2.11. The van der Waals surface area contributed by atoms with Crippen LogP contribution in [0.3, 0.4) is 0 Å². The number of hydrogen-bond donors (Lipinski definition) is 1. The molecule has 0 saturated heterocycles. The number of benzene rings is 1. The minimum Gasteiger partial charge on any atom is -0.493 e. The molecule has 0 heterocycles. The molecule has 0 radical (unpaired) electrons. The molecule has 1 rings (SSSR count). The minimum atomic E-state index is -0.147. The third-order valence-corrected chi connectivity index (χ3v) is 3.42. The molecule has 0 aliphatic carbocycles. The molecule has 3 nitrogen and oxygen atoms in total. The lowest BCUT2D eigenvalue weighted by Gasteiger charge is -2.18. The quantitative estimate of drug-likeness (QED) is 0.783. The Morgan fingerprint density at radius 1 is 1.25 bits per heavy atom. The van der Waals surface area contributed by atoms with Crippen molar-refractivity contribution < 1.29 is 4.74 Å². The first-order valence-corrected chi connectivity index (χ1v) is 7.45. The summed E-state index contributed by atoms with van der Waals surface area (Å²) in [6.45, 7) is 9.04. The predicted molar refractivity (Wildman–Crippen MR) is 82.9 cm³/mol. The van der Waals surface area contributed by atoms with Crippen LogP contribution in [0.2, 0.25) is 0 Å². The maximum Gasteiger partial charge on any atom is 0.122 e. The first-order valence-electron chi connectivity index (χ1n) is 7.45. The normalized spacial score (nSPS) is 13.8. The molecular weight excluding hydrogens is 248 g/mol. The van der Waals surface area contributed by atoms with Gasteiger partial charge in [-0.15, -0.1) is 0 Å². The van der Waals surface area contributed by atoms with E-state index in [1.807, 2.05) is 32.0 Å². The van der Waals surface area contributed by atoms with Crippen LogP contribution in [-0.4, -0.2) is 18.7 Å². The summed E-state index contributed by atoms with van der Waals surface area (Å²) in [5.41, 5.74) is 1.25. The van der Waals surface area contributed by atoms with Gasteiger partial charge in [-0.05, 0) is 37.8 Å². The summed E-state index contributed by atoms with van der Waals surface area (Å²) < 4.78 is 5.88. The lowest BCUT2D eigenvalue weighted by molar-refractivity contribution is 0.290. The van der Waals surface area contributed by atoms with E-state index < -0.39 is 0 Å². The lowest BCUT2D eigenvalue weighted by atomic mass is 9.98. The molecule has 1 N–H and O–H groups in total. The van der Waals surface area contributed by atoms with Gasteiger partial charge in [0.05, 0.1) is 18.7 Å². The minimum absolute atomic E-state index is 0.147. The molecule has 0 spiro atoms. The fourth-order valence-electron chi connectivity index (χ4n) is 2.11. The SMILES string of the molecule is CCC(C)c1ccccc1OCCC(C#N)NC(C)C. The summed E-state index contributed by atoms with van der Waals surface area (Å²) in [5, 5.41) is 12.3. The molecule has 0 aromatic heterocycles. The zero-order valence-electron chi connectivity index (χ0n) is 13.0. The van der Waals surface area contributed by atoms with Crippen LogP contribution in [0.25, 0.3) is 0 Å². The molecule has 0 bridgehead atoms. The number of ether oxygens (including phenoxy) is 1. The van der Waals surface area contributed by atoms with E-state index in [1.165, 1.54) is 5.56 Å². The molecule has 3 heteroatoms. The van der Waals surface area contributed by atoms with Gasteiger partial charge in [-0.2, -0.15) is 5.26 Å². The van der Waals surface area contributed by atoms with Crippen molar-refractivity contribution in [1.82, 2.24) is 5.32 Å². The van der Waals surface area contributed by atoms with Crippen LogP contribution in [0.5, 0.6) is 5.75 Å². The zero-order valence-corrected chi connectivity index (χ0v) is 13.0. The molecule has 20 heavy (non-hydrogen) atoms. The van der Waals surface area contributed by atoms with E-state index in [1.54, 1.807) is 0 Å². The Bertz CT molecular complexity index is 437. The van der Waals surface area contributed by atoms with Crippen LogP contribution >= 0.6 is 0 Å². The highest BCUT2D eigenvalue weighted by atomic mass is 16.5. The van der Waals surface area contributed by atoms with Crippen molar-refractivity contribution in [2.24, 2.45) is 0 Å². The van der Waals surface area contributed by atoms with Crippen molar-refractivity contribution in [3.8, 4) is 11.8 Å². The number of nitrogens with one attached hydrogen (secondary N) is 1. The van der Waals surface area contributed by atoms with Gasteiger partial charge in [0.25, 0.3) is 0 Å². The van der Waals surface area contributed by atoms with Gasteiger partial charge in [0, 0.05) is 12.5 Å². The van der Waals surface area contributed by atoms with Crippen LogP contribution < -0.4 is 10.1 Å². The second kappa shape index (κ2) is 8.60. The first kappa shape index (κ1) is 16.5. The lowest BCUT2D eigenvalue weighted by Crippen LogP contribution is -2.34. The van der Waals surface area contributed by atoms with Gasteiger partial charge in [-0.25, -0.2) is 0 Å². The van der Waals surface area contributed by atoms with E-state index in [9.17, 15) is 0 Å². The van der Waals surface area contributed by atoms with Crippen LogP contribution in [0, 0.1) is 11.3 Å². The van der Waals surface area contributed by atoms with E-state index in [0.29, 0.717) is 25.0 Å². The van der Waals surface area contributed by atoms with Gasteiger partial charge >= 0.3 is 0 Å². The van der Waals surface area contributed by atoms with E-state index in [0.717, 1.165) is 12.2 Å². The molecule has 0 amide bonds. The van der Waals surface area contributed by atoms with Crippen molar-refractivity contribution >= 4 is 0 Å². The van der Waals surface area contributed by atoms with Gasteiger partial charge < -0.3 is 4.74 Å². The van der Waals surface area contributed by atoms with Crippen LogP contribution in [0.15, 0.2) is 24.3 Å². The van der Waals surface area contributed by atoms with Crippen molar-refractivity contribution in [3.63, 3.8) is 0 Å². The Kier molecular flexibility index (Phi) is 7.11. The number of nitriles is 1. The van der Waals surface area contributed by atoms with E-state index >= 15 is 0 Å². The maximum absolute atomic E-state index is 9.08. The summed E-state index contributed by atoms with van der Waals surface area (Å²) in [5.74, 6) is 1.44. The highest BCUT2D eigenvalue weighted by Crippen LogP contribution is 2.28. The van der Waals surface area contributed by atoms with Crippen LogP contribution in [-0.2, 0) is 0 Å². The standard InChI is InChI=1S/C17H26N2O/c1-5-14(4)16-8-6-7-9-17(16)20-11-10-15(12-18)19-13(2)3/h6-9,13-15,19H,5,10-11H2,1-4H3. The smallest absolute Gasteiger partial charge is 0.122 e. The van der Waals surface area contributed by atoms with Crippen molar-refractivity contribution in [3.05, 3.63) is 29.8 Å². The largest absolute Gasteiger partial charge is 0.493 e.